The van der Waals surface area contributed by atoms with E-state index in [9.17, 15) is 0 Å². The van der Waals surface area contributed by atoms with Crippen LogP contribution in [0.25, 0.3) is 11.3 Å². The number of aromatic nitrogens is 3. The van der Waals surface area contributed by atoms with E-state index in [1.54, 1.807) is 12.4 Å². The molecular formula is C25H23N5O2. The largest absolute Gasteiger partial charge is 0.457 e. The lowest BCUT2D eigenvalue weighted by atomic mass is 10.1. The summed E-state index contributed by atoms with van der Waals surface area (Å²) in [6.07, 6.45) is 3.51. The molecule has 0 amide bonds. The van der Waals surface area contributed by atoms with Crippen LogP contribution in [0.2, 0.25) is 0 Å². The van der Waals surface area contributed by atoms with Gasteiger partial charge in [0.15, 0.2) is 0 Å². The van der Waals surface area contributed by atoms with Gasteiger partial charge in [-0.2, -0.15) is 4.98 Å². The lowest BCUT2D eigenvalue weighted by molar-refractivity contribution is 0.122. The molecule has 3 heterocycles. The van der Waals surface area contributed by atoms with Crippen LogP contribution in [-0.4, -0.2) is 41.3 Å². The van der Waals surface area contributed by atoms with Crippen LogP contribution in [0.5, 0.6) is 11.5 Å². The monoisotopic (exact) mass is 425 g/mol. The number of ether oxygens (including phenoxy) is 2. The van der Waals surface area contributed by atoms with Crippen molar-refractivity contribution in [3.05, 3.63) is 85.2 Å². The van der Waals surface area contributed by atoms with Crippen LogP contribution < -0.4 is 15.0 Å². The van der Waals surface area contributed by atoms with E-state index in [1.165, 1.54) is 0 Å². The molecule has 0 spiro atoms. The summed E-state index contributed by atoms with van der Waals surface area (Å²) in [5.74, 6) is 2.92. The molecule has 0 saturated carbocycles. The van der Waals surface area contributed by atoms with Gasteiger partial charge in [-0.15, -0.1) is 0 Å². The van der Waals surface area contributed by atoms with Crippen molar-refractivity contribution in [2.24, 2.45) is 0 Å². The van der Waals surface area contributed by atoms with Crippen LogP contribution in [0.3, 0.4) is 0 Å². The Morgan fingerprint density at radius 1 is 0.844 bits per heavy atom. The minimum atomic E-state index is 0.666. The molecule has 2 aromatic heterocycles. The molecule has 5 rings (SSSR count). The van der Waals surface area contributed by atoms with Crippen molar-refractivity contribution in [1.29, 1.82) is 0 Å². The van der Waals surface area contributed by atoms with Crippen LogP contribution in [0.15, 0.2) is 85.2 Å². The molecule has 1 saturated heterocycles. The number of benzene rings is 2. The van der Waals surface area contributed by atoms with Crippen LogP contribution in [0.1, 0.15) is 0 Å². The van der Waals surface area contributed by atoms with Gasteiger partial charge in [-0.25, -0.2) is 4.98 Å². The maximum atomic E-state index is 6.02. The van der Waals surface area contributed by atoms with E-state index < -0.39 is 0 Å². The summed E-state index contributed by atoms with van der Waals surface area (Å²) >= 11 is 0. The van der Waals surface area contributed by atoms with Crippen molar-refractivity contribution in [2.45, 2.75) is 0 Å². The highest BCUT2D eigenvalue weighted by Crippen LogP contribution is 2.29. The maximum Gasteiger partial charge on any atom is 0.228 e. The standard InChI is InChI=1S/C25H23N5O2/c1-2-8-21(9-3-1)32-22-10-4-6-19(16-22)23-17-24(27-20-7-5-11-26-18-20)29-25(28-23)30-12-14-31-15-13-30/h1-11,16-18H,12-15H2,(H,27,28,29). The molecular weight excluding hydrogens is 402 g/mol. The van der Waals surface area contributed by atoms with Crippen molar-refractivity contribution < 1.29 is 9.47 Å². The fraction of sp³-hybridized carbons (Fsp3) is 0.160. The van der Waals surface area contributed by atoms with Crippen LogP contribution in [0.4, 0.5) is 17.5 Å². The number of morpholine rings is 1. The minimum absolute atomic E-state index is 0.666. The van der Waals surface area contributed by atoms with Gasteiger partial charge in [0, 0.05) is 30.9 Å². The minimum Gasteiger partial charge on any atom is -0.457 e. The summed E-state index contributed by atoms with van der Waals surface area (Å²) in [5, 5.41) is 3.35. The first-order valence-corrected chi connectivity index (χ1v) is 10.6. The Balaban J connectivity index is 1.49. The van der Waals surface area contributed by atoms with E-state index >= 15 is 0 Å². The van der Waals surface area contributed by atoms with Crippen molar-refractivity contribution in [3.8, 4) is 22.8 Å². The highest BCUT2D eigenvalue weighted by Gasteiger charge is 2.17. The summed E-state index contributed by atoms with van der Waals surface area (Å²) in [6, 6.07) is 23.5. The second kappa shape index (κ2) is 9.45. The van der Waals surface area contributed by atoms with Crippen molar-refractivity contribution >= 4 is 17.5 Å². The first-order valence-electron chi connectivity index (χ1n) is 10.6. The second-order valence-electron chi connectivity index (χ2n) is 7.35. The molecule has 0 unspecified atom stereocenters. The molecule has 1 fully saturated rings. The quantitative estimate of drug-likeness (QED) is 0.470. The van der Waals surface area contributed by atoms with Gasteiger partial charge in [0.2, 0.25) is 5.95 Å². The van der Waals surface area contributed by atoms with Crippen LogP contribution >= 0.6 is 0 Å². The molecule has 0 aliphatic carbocycles. The average molecular weight is 425 g/mol. The van der Waals surface area contributed by atoms with Crippen molar-refractivity contribution in [3.63, 3.8) is 0 Å². The summed E-state index contributed by atoms with van der Waals surface area (Å²) in [7, 11) is 0. The lowest BCUT2D eigenvalue weighted by Gasteiger charge is -2.27. The third kappa shape index (κ3) is 4.84. The predicted octanol–water partition coefficient (Wildman–Crippen LogP) is 4.91. The van der Waals surface area contributed by atoms with Gasteiger partial charge in [0.25, 0.3) is 0 Å². The third-order valence-electron chi connectivity index (χ3n) is 5.05. The first-order chi connectivity index (χ1) is 15.8. The average Bonchev–Trinajstić information content (AvgIpc) is 2.86. The number of nitrogens with zero attached hydrogens (tertiary/aromatic N) is 4. The fourth-order valence-electron chi connectivity index (χ4n) is 3.48. The van der Waals surface area contributed by atoms with Gasteiger partial charge in [0.1, 0.15) is 17.3 Å². The second-order valence-corrected chi connectivity index (χ2v) is 7.35. The van der Waals surface area contributed by atoms with Gasteiger partial charge in [0.05, 0.1) is 30.8 Å². The first kappa shape index (κ1) is 20.0. The van der Waals surface area contributed by atoms with Gasteiger partial charge in [-0.05, 0) is 36.4 Å². The van der Waals surface area contributed by atoms with Gasteiger partial charge in [-0.1, -0.05) is 30.3 Å². The Morgan fingerprint density at radius 3 is 2.50 bits per heavy atom. The molecule has 4 aromatic rings. The zero-order valence-corrected chi connectivity index (χ0v) is 17.5. The molecule has 7 heteroatoms. The molecule has 1 N–H and O–H groups in total. The molecule has 160 valence electrons. The van der Waals surface area contributed by atoms with E-state index in [4.69, 9.17) is 19.4 Å². The van der Waals surface area contributed by atoms with E-state index in [-0.39, 0.29) is 0 Å². The zero-order chi connectivity index (χ0) is 21.6. The fourth-order valence-corrected chi connectivity index (χ4v) is 3.48. The van der Waals surface area contributed by atoms with E-state index in [0.717, 1.165) is 41.5 Å². The SMILES string of the molecule is c1ccc(Oc2cccc(-c3cc(Nc4cccnc4)nc(N4CCOCC4)n3)c2)cc1. The number of anilines is 3. The number of para-hydroxylation sites is 1. The third-order valence-corrected chi connectivity index (χ3v) is 5.05. The zero-order valence-electron chi connectivity index (χ0n) is 17.5. The highest BCUT2D eigenvalue weighted by molar-refractivity contribution is 5.68. The molecule has 2 aromatic carbocycles. The molecule has 0 radical (unpaired) electrons. The van der Waals surface area contributed by atoms with Gasteiger partial charge in [-0.3, -0.25) is 4.98 Å². The predicted molar refractivity (Wildman–Crippen MR) is 125 cm³/mol. The van der Waals surface area contributed by atoms with E-state index in [0.29, 0.717) is 25.0 Å². The summed E-state index contributed by atoms with van der Waals surface area (Å²) in [4.78, 5) is 15.9. The molecule has 0 atom stereocenters. The Morgan fingerprint density at radius 2 is 1.69 bits per heavy atom. The lowest BCUT2D eigenvalue weighted by Crippen LogP contribution is -2.37. The Kier molecular flexibility index (Phi) is 5.89. The van der Waals surface area contributed by atoms with Gasteiger partial charge < -0.3 is 19.7 Å². The Labute approximate surface area is 186 Å². The topological polar surface area (TPSA) is 72.4 Å². The molecule has 1 aliphatic rings. The number of pyridine rings is 1. The number of rotatable bonds is 6. The Hall–Kier alpha value is -3.97. The normalized spacial score (nSPS) is 13.6. The van der Waals surface area contributed by atoms with E-state index in [2.05, 4.69) is 15.2 Å². The summed E-state index contributed by atoms with van der Waals surface area (Å²) in [6.45, 7) is 2.85. The van der Waals surface area contributed by atoms with Crippen LogP contribution in [0, 0.1) is 0 Å². The summed E-state index contributed by atoms with van der Waals surface area (Å²) in [5.41, 5.74) is 2.63. The number of hydrogen-bond acceptors (Lipinski definition) is 7. The highest BCUT2D eigenvalue weighted by atomic mass is 16.5. The molecule has 0 bridgehead atoms. The van der Waals surface area contributed by atoms with Crippen molar-refractivity contribution in [1.82, 2.24) is 15.0 Å². The van der Waals surface area contributed by atoms with Gasteiger partial charge >= 0.3 is 0 Å². The van der Waals surface area contributed by atoms with E-state index in [1.807, 2.05) is 72.8 Å². The molecule has 7 nitrogen and oxygen atoms in total. The number of hydrogen-bond donors (Lipinski definition) is 1. The van der Waals surface area contributed by atoms with Crippen molar-refractivity contribution in [2.75, 3.05) is 36.5 Å². The maximum absolute atomic E-state index is 6.02. The Bertz CT molecular complexity index is 1170. The number of nitrogens with one attached hydrogen (secondary N) is 1. The van der Waals surface area contributed by atoms with Crippen LogP contribution in [-0.2, 0) is 4.74 Å². The summed E-state index contributed by atoms with van der Waals surface area (Å²) < 4.78 is 11.5. The smallest absolute Gasteiger partial charge is 0.228 e. The molecule has 32 heavy (non-hydrogen) atoms. The molecule has 1 aliphatic heterocycles.